The Bertz CT molecular complexity index is 537. The Morgan fingerprint density at radius 1 is 1.12 bits per heavy atom. The zero-order valence-corrected chi connectivity index (χ0v) is 10.1. The van der Waals surface area contributed by atoms with Crippen LogP contribution in [0.3, 0.4) is 0 Å². The van der Waals surface area contributed by atoms with Crippen LogP contribution in [0.25, 0.3) is 0 Å². The smallest absolute Gasteiger partial charge is 0.194 e. The molecular formula is C14H11FOS. The highest BCUT2D eigenvalue weighted by Gasteiger charge is 2.13. The van der Waals surface area contributed by atoms with Crippen molar-refractivity contribution >= 4 is 17.5 Å². The maximum atomic E-state index is 13.2. The van der Waals surface area contributed by atoms with E-state index in [4.69, 9.17) is 0 Å². The second-order valence-corrected chi connectivity index (χ2v) is 4.39. The van der Waals surface area contributed by atoms with Crippen molar-refractivity contribution in [2.24, 2.45) is 0 Å². The Kier molecular flexibility index (Phi) is 3.59. The van der Waals surface area contributed by atoms with Crippen molar-refractivity contribution in [1.29, 1.82) is 0 Å². The third-order valence-electron chi connectivity index (χ3n) is 2.44. The van der Waals surface area contributed by atoms with Crippen LogP contribution in [0.2, 0.25) is 0 Å². The summed E-state index contributed by atoms with van der Waals surface area (Å²) in [7, 11) is 0. The first-order valence-electron chi connectivity index (χ1n) is 5.15. The number of halogens is 1. The molecule has 0 aliphatic heterocycles. The summed E-state index contributed by atoms with van der Waals surface area (Å²) in [6, 6.07) is 13.2. The first-order chi connectivity index (χ1) is 8.22. The van der Waals surface area contributed by atoms with Gasteiger partial charge in [0.25, 0.3) is 0 Å². The van der Waals surface area contributed by atoms with E-state index >= 15 is 0 Å². The normalized spacial score (nSPS) is 10.2. The third kappa shape index (κ3) is 2.56. The standard InChI is InChI=1S/C14H11FOS/c1-17-13-8-7-11(15)9-12(13)14(16)10-5-3-2-4-6-10/h2-9H,1H3. The molecule has 0 heterocycles. The fourth-order valence-corrected chi connectivity index (χ4v) is 2.18. The highest BCUT2D eigenvalue weighted by atomic mass is 32.2. The van der Waals surface area contributed by atoms with E-state index in [2.05, 4.69) is 0 Å². The van der Waals surface area contributed by atoms with E-state index in [1.807, 2.05) is 12.3 Å². The van der Waals surface area contributed by atoms with Crippen LogP contribution >= 0.6 is 11.8 Å². The molecule has 0 spiro atoms. The fraction of sp³-hybridized carbons (Fsp3) is 0.0714. The molecule has 86 valence electrons. The molecule has 2 rings (SSSR count). The van der Waals surface area contributed by atoms with Crippen molar-refractivity contribution in [3.8, 4) is 0 Å². The Labute approximate surface area is 104 Å². The van der Waals surface area contributed by atoms with E-state index < -0.39 is 0 Å². The lowest BCUT2D eigenvalue weighted by atomic mass is 10.0. The lowest BCUT2D eigenvalue weighted by Gasteiger charge is -2.06. The third-order valence-corrected chi connectivity index (χ3v) is 3.24. The minimum Gasteiger partial charge on any atom is -0.289 e. The van der Waals surface area contributed by atoms with Gasteiger partial charge in [-0.2, -0.15) is 0 Å². The number of carbonyl (C=O) groups is 1. The average molecular weight is 246 g/mol. The van der Waals surface area contributed by atoms with Crippen molar-refractivity contribution in [2.75, 3.05) is 6.26 Å². The summed E-state index contributed by atoms with van der Waals surface area (Å²) in [6.07, 6.45) is 1.87. The number of hydrogen-bond acceptors (Lipinski definition) is 2. The first-order valence-corrected chi connectivity index (χ1v) is 6.38. The zero-order valence-electron chi connectivity index (χ0n) is 9.31. The summed E-state index contributed by atoms with van der Waals surface area (Å²) >= 11 is 1.44. The Morgan fingerprint density at radius 3 is 2.47 bits per heavy atom. The second-order valence-electron chi connectivity index (χ2n) is 3.54. The molecule has 0 aliphatic rings. The fourth-order valence-electron chi connectivity index (χ4n) is 1.60. The maximum Gasteiger partial charge on any atom is 0.194 e. The first kappa shape index (κ1) is 11.9. The van der Waals surface area contributed by atoms with Crippen LogP contribution in [0.1, 0.15) is 15.9 Å². The van der Waals surface area contributed by atoms with E-state index in [0.717, 1.165) is 4.90 Å². The van der Waals surface area contributed by atoms with Gasteiger partial charge in [-0.25, -0.2) is 4.39 Å². The second kappa shape index (κ2) is 5.15. The molecule has 0 fully saturated rings. The van der Waals surface area contributed by atoms with Gasteiger partial charge in [-0.3, -0.25) is 4.79 Å². The van der Waals surface area contributed by atoms with Crippen molar-refractivity contribution in [2.45, 2.75) is 4.90 Å². The quantitative estimate of drug-likeness (QED) is 0.605. The van der Waals surface area contributed by atoms with Crippen LogP contribution in [0.15, 0.2) is 53.4 Å². The highest BCUT2D eigenvalue weighted by molar-refractivity contribution is 7.98. The van der Waals surface area contributed by atoms with Crippen LogP contribution in [0.5, 0.6) is 0 Å². The molecule has 0 saturated carbocycles. The highest BCUT2D eigenvalue weighted by Crippen LogP contribution is 2.23. The molecule has 3 heteroatoms. The van der Waals surface area contributed by atoms with E-state index in [-0.39, 0.29) is 11.6 Å². The molecule has 0 N–H and O–H groups in total. The summed E-state index contributed by atoms with van der Waals surface area (Å²) in [4.78, 5) is 13.0. The van der Waals surface area contributed by atoms with Gasteiger partial charge in [0, 0.05) is 16.0 Å². The summed E-state index contributed by atoms with van der Waals surface area (Å²) in [5.74, 6) is -0.531. The molecule has 0 unspecified atom stereocenters. The monoisotopic (exact) mass is 246 g/mol. The number of hydrogen-bond donors (Lipinski definition) is 0. The molecule has 1 nitrogen and oxygen atoms in total. The largest absolute Gasteiger partial charge is 0.289 e. The van der Waals surface area contributed by atoms with Gasteiger partial charge in [0.2, 0.25) is 0 Å². The van der Waals surface area contributed by atoms with Crippen LogP contribution in [0, 0.1) is 5.82 Å². The van der Waals surface area contributed by atoms with Gasteiger partial charge >= 0.3 is 0 Å². The Morgan fingerprint density at radius 2 is 1.82 bits per heavy atom. The number of rotatable bonds is 3. The Balaban J connectivity index is 2.47. The molecule has 17 heavy (non-hydrogen) atoms. The zero-order chi connectivity index (χ0) is 12.3. The van der Waals surface area contributed by atoms with Gasteiger partial charge < -0.3 is 0 Å². The van der Waals surface area contributed by atoms with Gasteiger partial charge in [0.05, 0.1) is 0 Å². The number of benzene rings is 2. The van der Waals surface area contributed by atoms with Gasteiger partial charge in [-0.1, -0.05) is 30.3 Å². The van der Waals surface area contributed by atoms with Crippen LogP contribution < -0.4 is 0 Å². The SMILES string of the molecule is CSc1ccc(F)cc1C(=O)c1ccccc1. The molecule has 2 aromatic carbocycles. The molecule has 0 amide bonds. The Hall–Kier alpha value is -1.61. The molecule has 0 aromatic heterocycles. The number of carbonyl (C=O) groups excluding carboxylic acids is 1. The summed E-state index contributed by atoms with van der Waals surface area (Å²) < 4.78 is 13.2. The van der Waals surface area contributed by atoms with E-state index in [1.54, 1.807) is 30.3 Å². The minimum atomic E-state index is -0.387. The number of thioether (sulfide) groups is 1. The van der Waals surface area contributed by atoms with Crippen molar-refractivity contribution in [3.63, 3.8) is 0 Å². The lowest BCUT2D eigenvalue weighted by Crippen LogP contribution is -2.03. The van der Waals surface area contributed by atoms with E-state index in [1.165, 1.54) is 23.9 Å². The molecule has 0 radical (unpaired) electrons. The summed E-state index contributed by atoms with van der Waals surface area (Å²) in [6.45, 7) is 0. The molecule has 0 aliphatic carbocycles. The van der Waals surface area contributed by atoms with Crippen molar-refractivity contribution < 1.29 is 9.18 Å². The molecule has 0 bridgehead atoms. The average Bonchev–Trinajstić information content (AvgIpc) is 2.39. The predicted octanol–water partition coefficient (Wildman–Crippen LogP) is 3.78. The van der Waals surface area contributed by atoms with Gasteiger partial charge in [0.1, 0.15) is 5.82 Å². The van der Waals surface area contributed by atoms with Crippen LogP contribution in [-0.4, -0.2) is 12.0 Å². The van der Waals surface area contributed by atoms with Crippen molar-refractivity contribution in [3.05, 3.63) is 65.5 Å². The molecule has 0 atom stereocenters. The lowest BCUT2D eigenvalue weighted by molar-refractivity contribution is 0.103. The molecule has 0 saturated heterocycles. The maximum absolute atomic E-state index is 13.2. The molecular weight excluding hydrogens is 235 g/mol. The topological polar surface area (TPSA) is 17.1 Å². The van der Waals surface area contributed by atoms with Crippen molar-refractivity contribution in [1.82, 2.24) is 0 Å². The predicted molar refractivity (Wildman–Crippen MR) is 68.1 cm³/mol. The van der Waals surface area contributed by atoms with Crippen LogP contribution in [0.4, 0.5) is 4.39 Å². The van der Waals surface area contributed by atoms with E-state index in [0.29, 0.717) is 11.1 Å². The van der Waals surface area contributed by atoms with Gasteiger partial charge in [-0.15, -0.1) is 11.8 Å². The number of ketones is 1. The van der Waals surface area contributed by atoms with Gasteiger partial charge in [0.15, 0.2) is 5.78 Å². The summed E-state index contributed by atoms with van der Waals surface area (Å²) in [5, 5.41) is 0. The van der Waals surface area contributed by atoms with E-state index in [9.17, 15) is 9.18 Å². The molecule has 2 aromatic rings. The minimum absolute atomic E-state index is 0.144. The van der Waals surface area contributed by atoms with Gasteiger partial charge in [-0.05, 0) is 24.5 Å². The van der Waals surface area contributed by atoms with Crippen LogP contribution in [-0.2, 0) is 0 Å². The summed E-state index contributed by atoms with van der Waals surface area (Å²) in [5.41, 5.74) is 0.997.